The molecule has 0 aliphatic heterocycles. The van der Waals surface area contributed by atoms with E-state index in [9.17, 15) is 4.79 Å². The van der Waals surface area contributed by atoms with Gasteiger partial charge in [0.25, 0.3) is 0 Å². The van der Waals surface area contributed by atoms with Crippen LogP contribution in [0.5, 0.6) is 0 Å². The van der Waals surface area contributed by atoms with Crippen molar-refractivity contribution in [3.63, 3.8) is 0 Å². The molecule has 1 amide bonds. The molecule has 4 nitrogen and oxygen atoms in total. The highest BCUT2D eigenvalue weighted by Crippen LogP contribution is 2.39. The van der Waals surface area contributed by atoms with Crippen molar-refractivity contribution in [2.75, 3.05) is 14.1 Å². The lowest BCUT2D eigenvalue weighted by atomic mass is 10.1. The number of hydrogen-bond donors (Lipinski definition) is 0. The normalized spacial score (nSPS) is 12.3. The van der Waals surface area contributed by atoms with Crippen LogP contribution in [0.15, 0.2) is 53.1 Å². The summed E-state index contributed by atoms with van der Waals surface area (Å²) >= 11 is 3.08. The fraction of sp³-hybridized carbons (Fsp3) is 0.188. The molecule has 3 rings (SSSR count). The van der Waals surface area contributed by atoms with Gasteiger partial charge in [-0.3, -0.25) is 4.79 Å². The van der Waals surface area contributed by atoms with Crippen LogP contribution in [-0.2, 0) is 4.79 Å². The summed E-state index contributed by atoms with van der Waals surface area (Å²) in [5.74, 6) is 0.0551. The third kappa shape index (κ3) is 2.98. The van der Waals surface area contributed by atoms with Crippen LogP contribution in [0.4, 0.5) is 0 Å². The topological polar surface area (TPSA) is 46.1 Å². The first kappa shape index (κ1) is 15.0. The highest BCUT2D eigenvalue weighted by Gasteiger charge is 2.25. The third-order valence-electron chi connectivity index (χ3n) is 3.21. The number of thioether (sulfide) groups is 1. The van der Waals surface area contributed by atoms with Crippen LogP contribution in [0.3, 0.4) is 0 Å². The van der Waals surface area contributed by atoms with Crippen molar-refractivity contribution in [3.8, 4) is 0 Å². The summed E-state index contributed by atoms with van der Waals surface area (Å²) in [5.41, 5.74) is 1.90. The van der Waals surface area contributed by atoms with E-state index in [1.165, 1.54) is 11.8 Å². The fourth-order valence-corrected chi connectivity index (χ4v) is 4.25. The quantitative estimate of drug-likeness (QED) is 0.542. The first-order valence-electron chi connectivity index (χ1n) is 6.78. The summed E-state index contributed by atoms with van der Waals surface area (Å²) in [6, 6.07) is 11.8. The lowest BCUT2D eigenvalue weighted by Crippen LogP contribution is -2.26. The minimum Gasteiger partial charge on any atom is -0.348 e. The van der Waals surface area contributed by atoms with Gasteiger partial charge in [0, 0.05) is 14.1 Å². The summed E-state index contributed by atoms with van der Waals surface area (Å²) in [6.45, 7) is 0. The molecule has 0 saturated heterocycles. The molecule has 3 aromatic rings. The molecule has 0 unspecified atom stereocenters. The Morgan fingerprint density at radius 3 is 2.68 bits per heavy atom. The zero-order valence-corrected chi connectivity index (χ0v) is 13.9. The van der Waals surface area contributed by atoms with Gasteiger partial charge in [0.05, 0.1) is 10.2 Å². The molecule has 2 heterocycles. The van der Waals surface area contributed by atoms with E-state index in [1.807, 2.05) is 41.8 Å². The van der Waals surface area contributed by atoms with Gasteiger partial charge in [0.2, 0.25) is 5.91 Å². The van der Waals surface area contributed by atoms with Gasteiger partial charge in [-0.25, -0.2) is 9.97 Å². The van der Waals surface area contributed by atoms with Gasteiger partial charge in [-0.05, 0) is 17.0 Å². The van der Waals surface area contributed by atoms with E-state index in [1.54, 1.807) is 36.7 Å². The maximum atomic E-state index is 12.6. The number of likely N-dealkylation sites (N-methyl/N-ethyl adjacent to an activating group) is 1. The second kappa shape index (κ2) is 6.46. The van der Waals surface area contributed by atoms with Crippen LogP contribution in [0.25, 0.3) is 10.2 Å². The maximum Gasteiger partial charge on any atom is 0.240 e. The second-order valence-electron chi connectivity index (χ2n) is 4.96. The number of benzene rings is 1. The summed E-state index contributed by atoms with van der Waals surface area (Å²) in [6.07, 6.45) is 1.56. The largest absolute Gasteiger partial charge is 0.348 e. The lowest BCUT2D eigenvalue weighted by Gasteiger charge is -2.20. The van der Waals surface area contributed by atoms with E-state index < -0.39 is 0 Å². The lowest BCUT2D eigenvalue weighted by molar-refractivity contribution is -0.128. The molecule has 0 radical (unpaired) electrons. The zero-order chi connectivity index (χ0) is 15.5. The van der Waals surface area contributed by atoms with E-state index in [0.29, 0.717) is 0 Å². The predicted molar refractivity (Wildman–Crippen MR) is 91.1 cm³/mol. The standard InChI is InChI=1S/C16H15N3OS2/c1-19(2)16(20)13(11-6-4-3-5-7-11)22-15-14-12(8-9-21-14)17-10-18-15/h3-10,13H,1-2H3/t13-/m0/s1. The number of amides is 1. The van der Waals surface area contributed by atoms with Crippen molar-refractivity contribution in [1.29, 1.82) is 0 Å². The van der Waals surface area contributed by atoms with Gasteiger partial charge < -0.3 is 4.90 Å². The Kier molecular flexibility index (Phi) is 4.40. The average molecular weight is 329 g/mol. The van der Waals surface area contributed by atoms with E-state index in [0.717, 1.165) is 20.8 Å². The van der Waals surface area contributed by atoms with Gasteiger partial charge in [0.1, 0.15) is 16.6 Å². The Balaban J connectivity index is 2.00. The van der Waals surface area contributed by atoms with Crippen molar-refractivity contribution < 1.29 is 4.79 Å². The Morgan fingerprint density at radius 1 is 1.18 bits per heavy atom. The molecule has 0 aliphatic rings. The molecule has 22 heavy (non-hydrogen) atoms. The average Bonchev–Trinajstić information content (AvgIpc) is 3.02. The second-order valence-corrected chi connectivity index (χ2v) is 6.96. The van der Waals surface area contributed by atoms with Crippen LogP contribution >= 0.6 is 23.1 Å². The molecule has 0 N–H and O–H groups in total. The smallest absolute Gasteiger partial charge is 0.240 e. The summed E-state index contributed by atoms with van der Waals surface area (Å²) in [7, 11) is 3.55. The molecule has 1 atom stereocenters. The SMILES string of the molecule is CN(C)C(=O)[C@@H](Sc1ncnc2ccsc12)c1ccccc1. The van der Waals surface area contributed by atoms with E-state index in [-0.39, 0.29) is 11.2 Å². The molecular weight excluding hydrogens is 314 g/mol. The number of hydrogen-bond acceptors (Lipinski definition) is 5. The van der Waals surface area contributed by atoms with Gasteiger partial charge in [-0.2, -0.15) is 0 Å². The molecule has 2 aromatic heterocycles. The van der Waals surface area contributed by atoms with Crippen molar-refractivity contribution in [3.05, 3.63) is 53.7 Å². The Labute approximate surface area is 137 Å². The predicted octanol–water partition coefficient (Wildman–Crippen LogP) is 3.61. The van der Waals surface area contributed by atoms with Crippen LogP contribution in [0, 0.1) is 0 Å². The summed E-state index contributed by atoms with van der Waals surface area (Å²) < 4.78 is 1.03. The first-order chi connectivity index (χ1) is 10.7. The van der Waals surface area contributed by atoms with E-state index in [2.05, 4.69) is 9.97 Å². The highest BCUT2D eigenvalue weighted by atomic mass is 32.2. The van der Waals surface area contributed by atoms with Gasteiger partial charge in [-0.15, -0.1) is 11.3 Å². The van der Waals surface area contributed by atoms with Crippen LogP contribution in [0.1, 0.15) is 10.8 Å². The van der Waals surface area contributed by atoms with Crippen molar-refractivity contribution in [1.82, 2.24) is 14.9 Å². The highest BCUT2D eigenvalue weighted by molar-refractivity contribution is 8.00. The van der Waals surface area contributed by atoms with Crippen LogP contribution < -0.4 is 0 Å². The monoisotopic (exact) mass is 329 g/mol. The minimum absolute atomic E-state index is 0.0551. The van der Waals surface area contributed by atoms with Crippen molar-refractivity contribution in [2.45, 2.75) is 10.3 Å². The molecule has 112 valence electrons. The van der Waals surface area contributed by atoms with Gasteiger partial charge in [0.15, 0.2) is 0 Å². The number of thiophene rings is 1. The molecule has 6 heteroatoms. The number of aromatic nitrogens is 2. The van der Waals surface area contributed by atoms with Gasteiger partial charge in [-0.1, -0.05) is 42.1 Å². The summed E-state index contributed by atoms with van der Waals surface area (Å²) in [5, 5.41) is 2.54. The fourth-order valence-electron chi connectivity index (χ4n) is 2.09. The number of carbonyl (C=O) groups excluding carboxylic acids is 1. The van der Waals surface area contributed by atoms with E-state index >= 15 is 0 Å². The number of nitrogens with zero attached hydrogens (tertiary/aromatic N) is 3. The number of carbonyl (C=O) groups is 1. The van der Waals surface area contributed by atoms with Crippen LogP contribution in [0.2, 0.25) is 0 Å². The van der Waals surface area contributed by atoms with Crippen molar-refractivity contribution in [2.24, 2.45) is 0 Å². The Bertz CT molecular complexity index is 786. The maximum absolute atomic E-state index is 12.6. The molecule has 1 aromatic carbocycles. The molecule has 0 spiro atoms. The van der Waals surface area contributed by atoms with Crippen molar-refractivity contribution >= 4 is 39.2 Å². The molecule has 0 aliphatic carbocycles. The van der Waals surface area contributed by atoms with Gasteiger partial charge >= 0.3 is 0 Å². The summed E-state index contributed by atoms with van der Waals surface area (Å²) in [4.78, 5) is 22.8. The minimum atomic E-state index is -0.309. The third-order valence-corrected chi connectivity index (χ3v) is 5.49. The molecule has 0 saturated carbocycles. The number of rotatable bonds is 4. The Morgan fingerprint density at radius 2 is 1.95 bits per heavy atom. The molecule has 0 bridgehead atoms. The van der Waals surface area contributed by atoms with Crippen LogP contribution in [-0.4, -0.2) is 34.9 Å². The zero-order valence-electron chi connectivity index (χ0n) is 12.3. The van der Waals surface area contributed by atoms with E-state index in [4.69, 9.17) is 0 Å². The number of fused-ring (bicyclic) bond motifs is 1. The Hall–Kier alpha value is -1.92. The molecule has 0 fully saturated rings. The first-order valence-corrected chi connectivity index (χ1v) is 8.53. The molecular formula is C16H15N3OS2.